The molecule has 2 fully saturated rings. The molecule has 28 heavy (non-hydrogen) atoms. The molecule has 0 aliphatic carbocycles. The molecule has 2 atom stereocenters. The van der Waals surface area contributed by atoms with E-state index in [9.17, 15) is 8.42 Å². The van der Waals surface area contributed by atoms with Crippen LogP contribution in [-0.4, -0.2) is 35.9 Å². The van der Waals surface area contributed by atoms with Crippen molar-refractivity contribution in [1.82, 2.24) is 9.29 Å². The van der Waals surface area contributed by atoms with E-state index in [0.717, 1.165) is 18.4 Å². The molecule has 2 aliphatic heterocycles. The van der Waals surface area contributed by atoms with E-state index in [4.69, 9.17) is 4.74 Å². The Kier molecular flexibility index (Phi) is 4.96. The van der Waals surface area contributed by atoms with Gasteiger partial charge >= 0.3 is 0 Å². The van der Waals surface area contributed by atoms with Crippen molar-refractivity contribution in [2.75, 3.05) is 0 Å². The molecule has 0 saturated carbocycles. The van der Waals surface area contributed by atoms with E-state index in [2.05, 4.69) is 25.8 Å². The molecule has 6 heteroatoms. The summed E-state index contributed by atoms with van der Waals surface area (Å²) < 4.78 is 34.5. The normalized spacial score (nSPS) is 25.6. The second kappa shape index (κ2) is 7.16. The third-order valence-corrected chi connectivity index (χ3v) is 7.86. The van der Waals surface area contributed by atoms with Crippen LogP contribution in [0.1, 0.15) is 52.0 Å². The lowest BCUT2D eigenvalue weighted by Gasteiger charge is -2.37. The van der Waals surface area contributed by atoms with E-state index < -0.39 is 10.0 Å². The van der Waals surface area contributed by atoms with Gasteiger partial charge in [0.15, 0.2) is 0 Å². The molecule has 2 aromatic rings. The fourth-order valence-corrected chi connectivity index (χ4v) is 6.30. The maximum Gasteiger partial charge on any atom is 0.243 e. The first kappa shape index (κ1) is 19.4. The van der Waals surface area contributed by atoms with E-state index >= 15 is 0 Å². The van der Waals surface area contributed by atoms with Crippen LogP contribution < -0.4 is 4.74 Å². The van der Waals surface area contributed by atoms with Crippen molar-refractivity contribution in [3.8, 4) is 5.88 Å². The molecule has 2 saturated heterocycles. The highest BCUT2D eigenvalue weighted by atomic mass is 32.2. The Labute approximate surface area is 167 Å². The van der Waals surface area contributed by atoms with Crippen molar-refractivity contribution in [2.24, 2.45) is 0 Å². The summed E-state index contributed by atoms with van der Waals surface area (Å²) in [7, 11) is -3.49. The van der Waals surface area contributed by atoms with E-state index in [1.165, 1.54) is 0 Å². The predicted molar refractivity (Wildman–Crippen MR) is 109 cm³/mol. The molecule has 2 bridgehead atoms. The molecule has 150 valence electrons. The van der Waals surface area contributed by atoms with Crippen LogP contribution in [0.4, 0.5) is 0 Å². The molecular weight excluding hydrogens is 372 g/mol. The summed E-state index contributed by atoms with van der Waals surface area (Å²) in [6.07, 6.45) is 4.95. The van der Waals surface area contributed by atoms with Gasteiger partial charge in [0.25, 0.3) is 0 Å². The highest BCUT2D eigenvalue weighted by molar-refractivity contribution is 7.89. The quantitative estimate of drug-likeness (QED) is 0.774. The van der Waals surface area contributed by atoms with Gasteiger partial charge in [0.1, 0.15) is 6.10 Å². The van der Waals surface area contributed by atoms with Gasteiger partial charge in [0.05, 0.1) is 4.90 Å². The van der Waals surface area contributed by atoms with Crippen LogP contribution >= 0.6 is 0 Å². The molecule has 0 spiro atoms. The number of ether oxygens (including phenoxy) is 1. The van der Waals surface area contributed by atoms with E-state index in [1.807, 2.05) is 30.3 Å². The number of rotatable bonds is 4. The first-order valence-corrected chi connectivity index (χ1v) is 11.4. The summed E-state index contributed by atoms with van der Waals surface area (Å²) in [5.74, 6) is 0.612. The molecule has 0 radical (unpaired) electrons. The van der Waals surface area contributed by atoms with Gasteiger partial charge in [-0.15, -0.1) is 0 Å². The van der Waals surface area contributed by atoms with Crippen LogP contribution in [0.15, 0.2) is 53.6 Å². The van der Waals surface area contributed by atoms with Crippen molar-refractivity contribution in [3.63, 3.8) is 0 Å². The minimum Gasteiger partial charge on any atom is -0.474 e. The lowest BCUT2D eigenvalue weighted by Crippen LogP contribution is -2.49. The zero-order chi connectivity index (χ0) is 19.9. The van der Waals surface area contributed by atoms with Gasteiger partial charge in [-0.2, -0.15) is 4.31 Å². The van der Waals surface area contributed by atoms with Gasteiger partial charge < -0.3 is 4.74 Å². The van der Waals surface area contributed by atoms with Crippen molar-refractivity contribution >= 4 is 10.0 Å². The highest BCUT2D eigenvalue weighted by Crippen LogP contribution is 2.41. The molecule has 3 heterocycles. The topological polar surface area (TPSA) is 59.5 Å². The third-order valence-electron chi connectivity index (χ3n) is 5.84. The van der Waals surface area contributed by atoms with Crippen molar-refractivity contribution < 1.29 is 13.2 Å². The Morgan fingerprint density at radius 3 is 2.18 bits per heavy atom. The summed E-state index contributed by atoms with van der Waals surface area (Å²) >= 11 is 0. The number of piperidine rings is 1. The van der Waals surface area contributed by atoms with Crippen LogP contribution in [0.5, 0.6) is 5.88 Å². The first-order valence-electron chi connectivity index (χ1n) is 9.97. The van der Waals surface area contributed by atoms with E-state index in [-0.39, 0.29) is 23.6 Å². The Hall–Kier alpha value is -1.92. The summed E-state index contributed by atoms with van der Waals surface area (Å²) in [4.78, 5) is 4.62. The summed E-state index contributed by atoms with van der Waals surface area (Å²) in [6.45, 7) is 6.38. The van der Waals surface area contributed by atoms with Crippen molar-refractivity contribution in [2.45, 2.75) is 75.0 Å². The molecule has 0 amide bonds. The molecule has 2 unspecified atom stereocenters. The monoisotopic (exact) mass is 400 g/mol. The Morgan fingerprint density at radius 1 is 1.00 bits per heavy atom. The Bertz CT molecular complexity index is 907. The number of hydrogen-bond donors (Lipinski definition) is 0. The molecule has 1 aromatic carbocycles. The maximum atomic E-state index is 13.3. The summed E-state index contributed by atoms with van der Waals surface area (Å²) in [5, 5.41) is 0. The Morgan fingerprint density at radius 2 is 1.64 bits per heavy atom. The van der Waals surface area contributed by atoms with Crippen molar-refractivity contribution in [1.29, 1.82) is 0 Å². The molecule has 5 nitrogen and oxygen atoms in total. The van der Waals surface area contributed by atoms with Crippen molar-refractivity contribution in [3.05, 3.63) is 54.2 Å². The molecular formula is C22H28N2O3S. The summed E-state index contributed by atoms with van der Waals surface area (Å²) in [6, 6.07) is 13.0. The first-order chi connectivity index (χ1) is 13.2. The third kappa shape index (κ3) is 3.67. The second-order valence-electron chi connectivity index (χ2n) is 8.87. The van der Waals surface area contributed by atoms with E-state index in [1.54, 1.807) is 22.6 Å². The SMILES string of the molecule is CC(C)(C)c1ccc(S(=O)(=O)N2C3CCC2CC(Oc2ccccn2)C3)cc1. The van der Waals surface area contributed by atoms with Gasteiger partial charge in [-0.3, -0.25) is 0 Å². The lowest BCUT2D eigenvalue weighted by atomic mass is 9.87. The van der Waals surface area contributed by atoms with Gasteiger partial charge in [-0.25, -0.2) is 13.4 Å². The zero-order valence-electron chi connectivity index (χ0n) is 16.7. The smallest absolute Gasteiger partial charge is 0.243 e. The van der Waals surface area contributed by atoms with Crippen LogP contribution in [0.2, 0.25) is 0 Å². The van der Waals surface area contributed by atoms with Gasteiger partial charge in [0.2, 0.25) is 15.9 Å². The van der Waals surface area contributed by atoms with E-state index in [0.29, 0.717) is 23.6 Å². The number of sulfonamides is 1. The molecule has 0 N–H and O–H groups in total. The van der Waals surface area contributed by atoms with Crippen LogP contribution in [0, 0.1) is 0 Å². The minimum absolute atomic E-state index is 0.000227. The molecule has 2 aliphatic rings. The van der Waals surface area contributed by atoms with Crippen LogP contribution in [-0.2, 0) is 15.4 Å². The number of benzene rings is 1. The maximum absolute atomic E-state index is 13.3. The average molecular weight is 401 g/mol. The number of aromatic nitrogens is 1. The average Bonchev–Trinajstić information content (AvgIpc) is 2.94. The number of fused-ring (bicyclic) bond motifs is 2. The standard InChI is InChI=1S/C22H28N2O3S/c1-22(2,3)16-7-11-20(12-8-16)28(25,26)24-17-9-10-18(24)15-19(14-17)27-21-6-4-5-13-23-21/h4-8,11-13,17-19H,9-10,14-15H2,1-3H3. The van der Waals surface area contributed by atoms with Gasteiger partial charge in [-0.05, 0) is 42.0 Å². The lowest BCUT2D eigenvalue weighted by molar-refractivity contribution is 0.0918. The largest absolute Gasteiger partial charge is 0.474 e. The Balaban J connectivity index is 1.52. The second-order valence-corrected chi connectivity index (χ2v) is 10.7. The number of hydrogen-bond acceptors (Lipinski definition) is 4. The van der Waals surface area contributed by atoms with Gasteiger partial charge in [0, 0.05) is 37.2 Å². The number of pyridine rings is 1. The zero-order valence-corrected chi connectivity index (χ0v) is 17.5. The fraction of sp³-hybridized carbons (Fsp3) is 0.500. The fourth-order valence-electron chi connectivity index (χ4n) is 4.41. The number of nitrogens with zero attached hydrogens (tertiary/aromatic N) is 2. The summed E-state index contributed by atoms with van der Waals surface area (Å²) in [5.41, 5.74) is 1.14. The van der Waals surface area contributed by atoms with Crippen LogP contribution in [0.25, 0.3) is 0 Å². The molecule has 1 aromatic heterocycles. The predicted octanol–water partition coefficient (Wildman–Crippen LogP) is 4.14. The minimum atomic E-state index is -3.49. The van der Waals surface area contributed by atoms with Gasteiger partial charge in [-0.1, -0.05) is 39.0 Å². The molecule has 4 rings (SSSR count). The highest BCUT2D eigenvalue weighted by Gasteiger charge is 2.48. The van der Waals surface area contributed by atoms with Crippen LogP contribution in [0.3, 0.4) is 0 Å².